The summed E-state index contributed by atoms with van der Waals surface area (Å²) in [7, 11) is 0. The van der Waals surface area contributed by atoms with E-state index in [1.165, 1.54) is 26.1 Å². The molecule has 98 valence electrons. The summed E-state index contributed by atoms with van der Waals surface area (Å²) in [5.41, 5.74) is 6.54. The van der Waals surface area contributed by atoms with Crippen LogP contribution in [0.4, 0.5) is 5.82 Å². The molecule has 7 nitrogen and oxygen atoms in total. The van der Waals surface area contributed by atoms with E-state index >= 15 is 0 Å². The maximum Gasteiger partial charge on any atom is 0.255 e. The van der Waals surface area contributed by atoms with Gasteiger partial charge in [-0.15, -0.1) is 0 Å². The summed E-state index contributed by atoms with van der Waals surface area (Å²) < 4.78 is 0.614. The van der Waals surface area contributed by atoms with E-state index in [2.05, 4.69) is 31.7 Å². The first-order valence-electron chi connectivity index (χ1n) is 5.02. The molecule has 1 aromatic heterocycles. The minimum Gasteiger partial charge on any atom is -0.368 e. The zero-order valence-electron chi connectivity index (χ0n) is 9.95. The molecule has 0 radical (unpaired) electrons. The minimum absolute atomic E-state index is 0.205. The van der Waals surface area contributed by atoms with Gasteiger partial charge in [0.2, 0.25) is 5.91 Å². The molecule has 18 heavy (non-hydrogen) atoms. The van der Waals surface area contributed by atoms with Crippen LogP contribution in [0, 0.1) is 0 Å². The normalized spacial score (nSPS) is 10.9. The number of carbonyl (C=O) groups is 2. The van der Waals surface area contributed by atoms with Gasteiger partial charge in [0.15, 0.2) is 5.82 Å². The predicted octanol–water partition coefficient (Wildman–Crippen LogP) is 0.123. The van der Waals surface area contributed by atoms with Crippen LogP contribution >= 0.6 is 15.9 Å². The monoisotopic (exact) mass is 315 g/mol. The lowest BCUT2D eigenvalue weighted by atomic mass is 10.0. The van der Waals surface area contributed by atoms with Gasteiger partial charge in [-0.2, -0.15) is 0 Å². The molecule has 0 aromatic carbocycles. The Balaban J connectivity index is 3.04. The number of primary amides is 1. The number of nitrogen functional groups attached to an aromatic ring is 1. The highest BCUT2D eigenvalue weighted by atomic mass is 79.9. The van der Waals surface area contributed by atoms with E-state index in [0.717, 1.165) is 0 Å². The molecular weight excluding hydrogens is 302 g/mol. The van der Waals surface area contributed by atoms with E-state index in [1.807, 2.05) is 0 Å². The van der Waals surface area contributed by atoms with Crippen LogP contribution in [-0.4, -0.2) is 22.3 Å². The van der Waals surface area contributed by atoms with Crippen molar-refractivity contribution in [3.63, 3.8) is 0 Å². The first-order chi connectivity index (χ1) is 8.27. The molecule has 0 aliphatic heterocycles. The van der Waals surface area contributed by atoms with Crippen LogP contribution in [0.3, 0.4) is 0 Å². The molecule has 0 atom stereocenters. The lowest BCUT2D eigenvalue weighted by molar-refractivity contribution is -0.122. The number of nitrogens with zero attached hydrogens (tertiary/aromatic N) is 1. The largest absolute Gasteiger partial charge is 0.368 e. The number of anilines is 1. The average molecular weight is 316 g/mol. The Kier molecular flexibility index (Phi) is 4.25. The third-order valence-corrected chi connectivity index (χ3v) is 2.71. The summed E-state index contributed by atoms with van der Waals surface area (Å²) in [6.07, 6.45) is 1.49. The number of amides is 2. The molecule has 0 aliphatic rings. The molecule has 0 unspecified atom stereocenters. The van der Waals surface area contributed by atoms with E-state index < -0.39 is 17.4 Å². The molecule has 0 aliphatic carbocycles. The van der Waals surface area contributed by atoms with Crippen LogP contribution in [0.15, 0.2) is 16.7 Å². The van der Waals surface area contributed by atoms with Crippen molar-refractivity contribution in [2.24, 2.45) is 11.6 Å². The van der Waals surface area contributed by atoms with E-state index in [4.69, 9.17) is 11.6 Å². The zero-order valence-corrected chi connectivity index (χ0v) is 11.5. The second-order valence-corrected chi connectivity index (χ2v) is 5.05. The minimum atomic E-state index is -1.16. The Morgan fingerprint density at radius 3 is 2.56 bits per heavy atom. The Morgan fingerprint density at radius 1 is 1.44 bits per heavy atom. The van der Waals surface area contributed by atoms with Gasteiger partial charge in [-0.1, -0.05) is 0 Å². The Morgan fingerprint density at radius 2 is 2.06 bits per heavy atom. The Bertz CT molecular complexity index is 489. The van der Waals surface area contributed by atoms with Gasteiger partial charge in [-0.3, -0.25) is 9.59 Å². The second-order valence-electron chi connectivity index (χ2n) is 4.14. The highest BCUT2D eigenvalue weighted by Gasteiger charge is 2.28. The van der Waals surface area contributed by atoms with Crippen molar-refractivity contribution < 1.29 is 9.59 Å². The highest BCUT2D eigenvalue weighted by Crippen LogP contribution is 2.18. The summed E-state index contributed by atoms with van der Waals surface area (Å²) >= 11 is 3.20. The van der Waals surface area contributed by atoms with Gasteiger partial charge in [-0.05, 0) is 35.8 Å². The van der Waals surface area contributed by atoms with E-state index in [1.54, 1.807) is 0 Å². The molecule has 1 heterocycles. The molecule has 0 saturated carbocycles. The van der Waals surface area contributed by atoms with Gasteiger partial charge in [0.1, 0.15) is 5.54 Å². The second kappa shape index (κ2) is 5.32. The van der Waals surface area contributed by atoms with Crippen molar-refractivity contribution in [2.75, 3.05) is 5.43 Å². The Hall–Kier alpha value is -1.67. The summed E-state index contributed by atoms with van der Waals surface area (Å²) in [6, 6.07) is 1.54. The number of aromatic nitrogens is 1. The zero-order chi connectivity index (χ0) is 13.9. The number of nitrogens with two attached hydrogens (primary N) is 2. The quantitative estimate of drug-likeness (QED) is 0.464. The van der Waals surface area contributed by atoms with Crippen LogP contribution in [0.1, 0.15) is 24.2 Å². The topological polar surface area (TPSA) is 123 Å². The van der Waals surface area contributed by atoms with Crippen molar-refractivity contribution in [2.45, 2.75) is 19.4 Å². The number of pyridine rings is 1. The van der Waals surface area contributed by atoms with Crippen molar-refractivity contribution in [1.29, 1.82) is 0 Å². The molecule has 0 bridgehead atoms. The fourth-order valence-corrected chi connectivity index (χ4v) is 1.47. The molecular formula is C10H14BrN5O2. The van der Waals surface area contributed by atoms with Crippen LogP contribution in [0.25, 0.3) is 0 Å². The number of nitrogens with one attached hydrogen (secondary N) is 2. The van der Waals surface area contributed by atoms with E-state index in [0.29, 0.717) is 4.47 Å². The molecule has 0 saturated heterocycles. The smallest absolute Gasteiger partial charge is 0.255 e. The van der Waals surface area contributed by atoms with Crippen LogP contribution in [0.5, 0.6) is 0 Å². The van der Waals surface area contributed by atoms with Crippen molar-refractivity contribution in [3.8, 4) is 0 Å². The number of halogens is 1. The van der Waals surface area contributed by atoms with Crippen LogP contribution < -0.4 is 22.3 Å². The summed E-state index contributed by atoms with van der Waals surface area (Å²) in [5, 5.41) is 2.50. The van der Waals surface area contributed by atoms with Gasteiger partial charge in [0.05, 0.1) is 5.56 Å². The standard InChI is InChI=1S/C10H14BrN5O2/c1-10(2,9(12)18)15-8(17)6-3-5(11)4-14-7(6)16-13/h3-4H,13H2,1-2H3,(H2,12,18)(H,14,16)(H,15,17). The van der Waals surface area contributed by atoms with Crippen LogP contribution in [-0.2, 0) is 4.79 Å². The van der Waals surface area contributed by atoms with Crippen molar-refractivity contribution in [3.05, 3.63) is 22.3 Å². The molecule has 2 amide bonds. The first kappa shape index (κ1) is 14.4. The van der Waals surface area contributed by atoms with Gasteiger partial charge >= 0.3 is 0 Å². The average Bonchev–Trinajstić information content (AvgIpc) is 2.28. The highest BCUT2D eigenvalue weighted by molar-refractivity contribution is 9.10. The number of carbonyl (C=O) groups excluding carboxylic acids is 2. The summed E-state index contributed by atoms with van der Waals surface area (Å²) in [4.78, 5) is 27.1. The molecule has 6 N–H and O–H groups in total. The van der Waals surface area contributed by atoms with Crippen molar-refractivity contribution in [1.82, 2.24) is 10.3 Å². The van der Waals surface area contributed by atoms with Gasteiger partial charge in [0.25, 0.3) is 5.91 Å². The first-order valence-corrected chi connectivity index (χ1v) is 5.82. The van der Waals surface area contributed by atoms with E-state index in [-0.39, 0.29) is 11.4 Å². The Labute approximate surface area is 112 Å². The lowest BCUT2D eigenvalue weighted by Crippen LogP contribution is -2.53. The fraction of sp³-hybridized carbons (Fsp3) is 0.300. The van der Waals surface area contributed by atoms with Crippen molar-refractivity contribution >= 4 is 33.6 Å². The number of hydrogen-bond acceptors (Lipinski definition) is 5. The SMILES string of the molecule is CC(C)(NC(=O)c1cc(Br)cnc1NN)C(N)=O. The van der Waals surface area contributed by atoms with Crippen LogP contribution in [0.2, 0.25) is 0 Å². The van der Waals surface area contributed by atoms with Gasteiger partial charge in [-0.25, -0.2) is 10.8 Å². The van der Waals surface area contributed by atoms with Gasteiger partial charge < -0.3 is 16.5 Å². The summed E-state index contributed by atoms with van der Waals surface area (Å²) in [6.45, 7) is 3.02. The molecule has 0 fully saturated rings. The maximum atomic E-state index is 12.0. The van der Waals surface area contributed by atoms with Gasteiger partial charge in [0, 0.05) is 10.7 Å². The fourth-order valence-electron chi connectivity index (χ4n) is 1.14. The third kappa shape index (κ3) is 3.17. The maximum absolute atomic E-state index is 12.0. The third-order valence-electron chi connectivity index (χ3n) is 2.28. The van der Waals surface area contributed by atoms with E-state index in [9.17, 15) is 9.59 Å². The number of hydrogen-bond donors (Lipinski definition) is 4. The molecule has 1 aromatic rings. The number of hydrazine groups is 1. The summed E-state index contributed by atoms with van der Waals surface area (Å²) in [5.74, 6) is 4.33. The predicted molar refractivity (Wildman–Crippen MR) is 70.5 cm³/mol. The molecule has 1 rings (SSSR count). The number of rotatable bonds is 4. The lowest BCUT2D eigenvalue weighted by Gasteiger charge is -2.22. The molecule has 0 spiro atoms. The molecule has 8 heteroatoms.